The van der Waals surface area contributed by atoms with Gasteiger partial charge in [0.25, 0.3) is 5.91 Å². The van der Waals surface area contributed by atoms with Crippen molar-refractivity contribution in [2.75, 3.05) is 6.61 Å². The summed E-state index contributed by atoms with van der Waals surface area (Å²) in [5.74, 6) is -2.01. The number of unbranched alkanes of at least 4 members (excludes halogenated alkanes) is 1. The van der Waals surface area contributed by atoms with Crippen LogP contribution in [0.25, 0.3) is 0 Å². The molecule has 0 saturated heterocycles. The number of amides is 1. The van der Waals surface area contributed by atoms with Gasteiger partial charge in [0.15, 0.2) is 6.61 Å². The molecule has 116 valence electrons. The van der Waals surface area contributed by atoms with E-state index in [1.54, 1.807) is 0 Å². The highest BCUT2D eigenvalue weighted by molar-refractivity contribution is 6.32. The maximum atomic E-state index is 12.8. The minimum Gasteiger partial charge on any atom is -0.482 e. The molecule has 1 aromatic carbocycles. The van der Waals surface area contributed by atoms with Gasteiger partial charge in [-0.25, -0.2) is 9.18 Å². The maximum absolute atomic E-state index is 12.8. The van der Waals surface area contributed by atoms with E-state index in [0.29, 0.717) is 12.8 Å². The summed E-state index contributed by atoms with van der Waals surface area (Å²) in [6.07, 6.45) is 1.89. The Morgan fingerprint density at radius 2 is 2.19 bits per heavy atom. The second kappa shape index (κ2) is 8.46. The smallest absolute Gasteiger partial charge is 0.326 e. The van der Waals surface area contributed by atoms with E-state index in [0.717, 1.165) is 18.6 Å². The van der Waals surface area contributed by atoms with Crippen molar-refractivity contribution in [2.24, 2.45) is 0 Å². The van der Waals surface area contributed by atoms with Gasteiger partial charge < -0.3 is 15.2 Å². The molecule has 5 nitrogen and oxygen atoms in total. The first-order valence-corrected chi connectivity index (χ1v) is 6.91. The van der Waals surface area contributed by atoms with Crippen molar-refractivity contribution in [3.63, 3.8) is 0 Å². The molecule has 1 aromatic rings. The Morgan fingerprint density at radius 3 is 2.76 bits per heavy atom. The van der Waals surface area contributed by atoms with Crippen LogP contribution in [0.15, 0.2) is 18.2 Å². The van der Waals surface area contributed by atoms with E-state index < -0.39 is 23.7 Å². The molecule has 1 amide bonds. The molecule has 7 heteroatoms. The summed E-state index contributed by atoms with van der Waals surface area (Å²) in [4.78, 5) is 22.6. The van der Waals surface area contributed by atoms with Crippen molar-refractivity contribution in [3.8, 4) is 5.75 Å². The van der Waals surface area contributed by atoms with Crippen molar-refractivity contribution in [1.29, 1.82) is 0 Å². The van der Waals surface area contributed by atoms with E-state index in [2.05, 4.69) is 5.32 Å². The Labute approximate surface area is 127 Å². The first-order chi connectivity index (χ1) is 9.93. The van der Waals surface area contributed by atoms with Crippen LogP contribution in [0, 0.1) is 5.82 Å². The largest absolute Gasteiger partial charge is 0.482 e. The van der Waals surface area contributed by atoms with Gasteiger partial charge in [-0.3, -0.25) is 4.79 Å². The Bertz CT molecular complexity index is 510. The summed E-state index contributed by atoms with van der Waals surface area (Å²) >= 11 is 5.75. The molecule has 0 saturated carbocycles. The lowest BCUT2D eigenvalue weighted by Gasteiger charge is -2.14. The van der Waals surface area contributed by atoms with Gasteiger partial charge >= 0.3 is 5.97 Å². The molecule has 2 N–H and O–H groups in total. The Hall–Kier alpha value is -1.82. The average Bonchev–Trinajstić information content (AvgIpc) is 2.42. The third kappa shape index (κ3) is 5.99. The number of ether oxygens (including phenoxy) is 1. The topological polar surface area (TPSA) is 75.6 Å². The van der Waals surface area contributed by atoms with Gasteiger partial charge in [0.05, 0.1) is 5.02 Å². The van der Waals surface area contributed by atoms with Crippen LogP contribution in [0.1, 0.15) is 26.2 Å². The van der Waals surface area contributed by atoms with E-state index in [-0.39, 0.29) is 17.4 Å². The van der Waals surface area contributed by atoms with Gasteiger partial charge in [0, 0.05) is 0 Å². The summed E-state index contributed by atoms with van der Waals surface area (Å²) < 4.78 is 18.0. The quantitative estimate of drug-likeness (QED) is 0.773. The fourth-order valence-electron chi connectivity index (χ4n) is 1.64. The first kappa shape index (κ1) is 17.2. The molecule has 0 spiro atoms. The van der Waals surface area contributed by atoms with E-state index in [4.69, 9.17) is 21.4 Å². The Balaban J connectivity index is 2.50. The highest BCUT2D eigenvalue weighted by Crippen LogP contribution is 2.24. The SMILES string of the molecule is CCCCC(NC(=O)COc1ccc(F)cc1Cl)C(=O)O. The number of nitrogens with one attached hydrogen (secondary N) is 1. The third-order valence-electron chi connectivity index (χ3n) is 2.73. The zero-order chi connectivity index (χ0) is 15.8. The molecule has 0 aromatic heterocycles. The van der Waals surface area contributed by atoms with Crippen LogP contribution in [0.5, 0.6) is 5.75 Å². The predicted molar refractivity (Wildman–Crippen MR) is 76.0 cm³/mol. The van der Waals surface area contributed by atoms with Gasteiger partial charge in [-0.2, -0.15) is 0 Å². The zero-order valence-electron chi connectivity index (χ0n) is 11.6. The van der Waals surface area contributed by atoms with Crippen LogP contribution in [-0.2, 0) is 9.59 Å². The molecule has 0 aliphatic rings. The normalized spacial score (nSPS) is 11.8. The van der Waals surface area contributed by atoms with Crippen molar-refractivity contribution in [2.45, 2.75) is 32.2 Å². The number of hydrogen-bond donors (Lipinski definition) is 2. The van der Waals surface area contributed by atoms with E-state index in [9.17, 15) is 14.0 Å². The van der Waals surface area contributed by atoms with Crippen LogP contribution in [0.2, 0.25) is 5.02 Å². The zero-order valence-corrected chi connectivity index (χ0v) is 12.3. The minimum atomic E-state index is -1.09. The molecule has 0 fully saturated rings. The molecular formula is C14H17ClFNO4. The molecule has 1 unspecified atom stereocenters. The second-order valence-electron chi connectivity index (χ2n) is 4.46. The third-order valence-corrected chi connectivity index (χ3v) is 3.03. The summed E-state index contributed by atoms with van der Waals surface area (Å²) in [7, 11) is 0. The lowest BCUT2D eigenvalue weighted by atomic mass is 10.1. The number of carboxylic acid groups (broad SMARTS) is 1. The predicted octanol–water partition coefficient (Wildman–Crippen LogP) is 2.62. The molecule has 0 aliphatic carbocycles. The second-order valence-corrected chi connectivity index (χ2v) is 4.87. The van der Waals surface area contributed by atoms with E-state index in [1.807, 2.05) is 6.92 Å². The van der Waals surface area contributed by atoms with Crippen LogP contribution in [-0.4, -0.2) is 29.6 Å². The van der Waals surface area contributed by atoms with Gasteiger partial charge in [-0.1, -0.05) is 31.4 Å². The van der Waals surface area contributed by atoms with Crippen molar-refractivity contribution < 1.29 is 23.8 Å². The standard InChI is InChI=1S/C14H17ClFNO4/c1-2-3-4-11(14(19)20)17-13(18)8-21-12-6-5-9(16)7-10(12)15/h5-7,11H,2-4,8H2,1H3,(H,17,18)(H,19,20). The van der Waals surface area contributed by atoms with Gasteiger partial charge in [-0.15, -0.1) is 0 Å². The molecule has 1 atom stereocenters. The molecule has 0 radical (unpaired) electrons. The number of carbonyl (C=O) groups excluding carboxylic acids is 1. The fraction of sp³-hybridized carbons (Fsp3) is 0.429. The van der Waals surface area contributed by atoms with Gasteiger partial charge in [-0.05, 0) is 24.6 Å². The lowest BCUT2D eigenvalue weighted by Crippen LogP contribution is -2.42. The number of rotatable bonds is 8. The van der Waals surface area contributed by atoms with Crippen LogP contribution in [0.4, 0.5) is 4.39 Å². The minimum absolute atomic E-state index is 0.0450. The molecule has 0 heterocycles. The summed E-state index contributed by atoms with van der Waals surface area (Å²) in [6, 6.07) is 2.58. The fourth-order valence-corrected chi connectivity index (χ4v) is 1.86. The van der Waals surface area contributed by atoms with E-state index >= 15 is 0 Å². The van der Waals surface area contributed by atoms with Crippen molar-refractivity contribution in [3.05, 3.63) is 29.0 Å². The highest BCUT2D eigenvalue weighted by atomic mass is 35.5. The van der Waals surface area contributed by atoms with Crippen LogP contribution in [0.3, 0.4) is 0 Å². The number of aliphatic carboxylic acids is 1. The summed E-state index contributed by atoms with van der Waals surface area (Å²) in [5.41, 5.74) is 0. The number of benzene rings is 1. The van der Waals surface area contributed by atoms with Gasteiger partial charge in [0.2, 0.25) is 0 Å². The average molecular weight is 318 g/mol. The number of carbonyl (C=O) groups is 2. The lowest BCUT2D eigenvalue weighted by molar-refractivity contribution is -0.142. The molecule has 0 aliphatic heterocycles. The molecule has 0 bridgehead atoms. The summed E-state index contributed by atoms with van der Waals surface area (Å²) in [5, 5.41) is 11.4. The Morgan fingerprint density at radius 1 is 1.48 bits per heavy atom. The number of carboxylic acids is 1. The first-order valence-electron chi connectivity index (χ1n) is 6.54. The Kier molecular flexibility index (Phi) is 6.94. The number of hydrogen-bond acceptors (Lipinski definition) is 3. The number of halogens is 2. The molecule has 1 rings (SSSR count). The molecular weight excluding hydrogens is 301 g/mol. The monoisotopic (exact) mass is 317 g/mol. The van der Waals surface area contributed by atoms with Crippen LogP contribution < -0.4 is 10.1 Å². The van der Waals surface area contributed by atoms with E-state index in [1.165, 1.54) is 6.07 Å². The van der Waals surface area contributed by atoms with Gasteiger partial charge in [0.1, 0.15) is 17.6 Å². The van der Waals surface area contributed by atoms with Crippen molar-refractivity contribution in [1.82, 2.24) is 5.32 Å². The highest BCUT2D eigenvalue weighted by Gasteiger charge is 2.19. The molecule has 21 heavy (non-hydrogen) atoms. The maximum Gasteiger partial charge on any atom is 0.326 e. The van der Waals surface area contributed by atoms with Crippen LogP contribution >= 0.6 is 11.6 Å². The van der Waals surface area contributed by atoms with Crippen molar-refractivity contribution >= 4 is 23.5 Å². The summed E-state index contributed by atoms with van der Waals surface area (Å²) in [6.45, 7) is 1.54.